The number of aryl methyl sites for hydroxylation is 2. The van der Waals surface area contributed by atoms with Crippen LogP contribution >= 0.6 is 0 Å². The molecule has 27 heavy (non-hydrogen) atoms. The average molecular weight is 375 g/mol. The van der Waals surface area contributed by atoms with Crippen molar-refractivity contribution in [2.75, 3.05) is 12.0 Å². The minimum absolute atomic E-state index is 0.201. The Hall–Kier alpha value is -2.76. The predicted molar refractivity (Wildman–Crippen MR) is 105 cm³/mol. The second-order valence-electron chi connectivity index (χ2n) is 6.52. The fraction of sp³-hybridized carbons (Fsp3) is 0.286. The molecule has 0 aliphatic rings. The van der Waals surface area contributed by atoms with Crippen LogP contribution in [0.2, 0.25) is 0 Å². The number of aliphatic imine (C=N–C) groups is 1. The van der Waals surface area contributed by atoms with Crippen molar-refractivity contribution >= 4 is 12.4 Å². The summed E-state index contributed by atoms with van der Waals surface area (Å²) in [6.45, 7) is 9.38. The third kappa shape index (κ3) is 5.88. The molecule has 1 unspecified atom stereocenters. The molecule has 0 spiro atoms. The quantitative estimate of drug-likeness (QED) is 0.497. The third-order valence-electron chi connectivity index (χ3n) is 4.21. The van der Waals surface area contributed by atoms with E-state index in [4.69, 9.17) is 0 Å². The highest BCUT2D eigenvalue weighted by molar-refractivity contribution is 5.52. The maximum atomic E-state index is 14.3. The Labute approximate surface area is 158 Å². The van der Waals surface area contributed by atoms with E-state index >= 15 is 0 Å². The number of nitrogens with one attached hydrogen (secondary N) is 1. The molecule has 2 aromatic carbocycles. The highest BCUT2D eigenvalue weighted by Crippen LogP contribution is 2.18. The number of anilines is 1. The van der Waals surface area contributed by atoms with Crippen molar-refractivity contribution in [2.45, 2.75) is 33.4 Å². The summed E-state index contributed by atoms with van der Waals surface area (Å²) in [5.74, 6) is -2.30. The van der Waals surface area contributed by atoms with Gasteiger partial charge >= 0.3 is 0 Å². The van der Waals surface area contributed by atoms with Crippen LogP contribution < -0.4 is 5.32 Å². The van der Waals surface area contributed by atoms with Gasteiger partial charge in [0.05, 0.1) is 12.7 Å². The van der Waals surface area contributed by atoms with E-state index in [2.05, 4.69) is 17.0 Å². The zero-order chi connectivity index (χ0) is 20.0. The van der Waals surface area contributed by atoms with E-state index < -0.39 is 23.5 Å². The van der Waals surface area contributed by atoms with Gasteiger partial charge in [-0.1, -0.05) is 18.2 Å². The lowest BCUT2D eigenvalue weighted by molar-refractivity contribution is 0.373. The first kappa shape index (κ1) is 20.6. The molecule has 0 aromatic heterocycles. The van der Waals surface area contributed by atoms with Crippen LogP contribution in [0.1, 0.15) is 23.6 Å². The Balaban J connectivity index is 2.21. The van der Waals surface area contributed by atoms with Crippen molar-refractivity contribution < 1.29 is 13.2 Å². The second kappa shape index (κ2) is 9.26. The average Bonchev–Trinajstić information content (AvgIpc) is 2.64. The Morgan fingerprint density at radius 1 is 1.19 bits per heavy atom. The summed E-state index contributed by atoms with van der Waals surface area (Å²) < 4.78 is 40.9. The van der Waals surface area contributed by atoms with Gasteiger partial charge in [-0.15, -0.1) is 0 Å². The molecule has 0 aliphatic carbocycles. The van der Waals surface area contributed by atoms with Crippen molar-refractivity contribution in [3.63, 3.8) is 0 Å². The first-order valence-corrected chi connectivity index (χ1v) is 8.62. The summed E-state index contributed by atoms with van der Waals surface area (Å²) >= 11 is 0. The van der Waals surface area contributed by atoms with Gasteiger partial charge in [0.2, 0.25) is 0 Å². The molecule has 0 fully saturated rings. The molecule has 0 radical (unpaired) electrons. The molecular formula is C21H24F3N3. The molecular weight excluding hydrogens is 351 g/mol. The number of nitrogens with zero attached hydrogens (tertiary/aromatic N) is 2. The van der Waals surface area contributed by atoms with Gasteiger partial charge in [-0.05, 0) is 62.4 Å². The number of rotatable bonds is 8. The highest BCUT2D eigenvalue weighted by atomic mass is 19.2. The van der Waals surface area contributed by atoms with Gasteiger partial charge in [-0.25, -0.2) is 13.2 Å². The van der Waals surface area contributed by atoms with Crippen molar-refractivity contribution in [3.8, 4) is 0 Å². The molecule has 2 rings (SSSR count). The molecule has 0 heterocycles. The molecule has 2 aromatic rings. The summed E-state index contributed by atoms with van der Waals surface area (Å²) in [5.41, 5.74) is 3.61. The van der Waals surface area contributed by atoms with E-state index in [1.165, 1.54) is 12.3 Å². The van der Waals surface area contributed by atoms with Crippen molar-refractivity contribution in [1.82, 2.24) is 4.90 Å². The topological polar surface area (TPSA) is 27.6 Å². The summed E-state index contributed by atoms with van der Waals surface area (Å²) in [7, 11) is 0. The van der Waals surface area contributed by atoms with Gasteiger partial charge < -0.3 is 10.2 Å². The number of hydrogen-bond donors (Lipinski definition) is 1. The Bertz CT molecular complexity index is 833. The molecule has 0 saturated heterocycles. The van der Waals surface area contributed by atoms with E-state index in [1.54, 1.807) is 11.8 Å². The summed E-state index contributed by atoms with van der Waals surface area (Å²) in [6, 6.07) is 8.98. The van der Waals surface area contributed by atoms with Crippen LogP contribution in [-0.4, -0.2) is 24.3 Å². The first-order valence-electron chi connectivity index (χ1n) is 8.62. The predicted octanol–water partition coefficient (Wildman–Crippen LogP) is 5.35. The maximum Gasteiger partial charge on any atom is 0.159 e. The van der Waals surface area contributed by atoms with Crippen LogP contribution in [-0.2, 0) is 6.54 Å². The van der Waals surface area contributed by atoms with Crippen molar-refractivity contribution in [3.05, 3.63) is 76.7 Å². The summed E-state index contributed by atoms with van der Waals surface area (Å²) in [4.78, 5) is 5.31. The second-order valence-corrected chi connectivity index (χ2v) is 6.52. The van der Waals surface area contributed by atoms with Gasteiger partial charge in [0.1, 0.15) is 5.83 Å². The van der Waals surface area contributed by atoms with Crippen molar-refractivity contribution in [2.24, 2.45) is 4.99 Å². The molecule has 144 valence electrons. The van der Waals surface area contributed by atoms with E-state index in [1.807, 2.05) is 32.0 Å². The Morgan fingerprint density at radius 3 is 2.59 bits per heavy atom. The smallest absolute Gasteiger partial charge is 0.159 e. The third-order valence-corrected chi connectivity index (χ3v) is 4.21. The fourth-order valence-electron chi connectivity index (χ4n) is 2.50. The van der Waals surface area contributed by atoms with Crippen molar-refractivity contribution in [1.29, 1.82) is 0 Å². The van der Waals surface area contributed by atoms with Gasteiger partial charge in [-0.3, -0.25) is 4.99 Å². The monoisotopic (exact) mass is 375 g/mol. The fourth-order valence-corrected chi connectivity index (χ4v) is 2.50. The van der Waals surface area contributed by atoms with E-state index in [-0.39, 0.29) is 13.2 Å². The van der Waals surface area contributed by atoms with Crippen LogP contribution in [0.3, 0.4) is 0 Å². The highest BCUT2D eigenvalue weighted by Gasteiger charge is 2.11. The number of benzene rings is 2. The lowest BCUT2D eigenvalue weighted by Gasteiger charge is -2.23. The molecule has 0 aliphatic heterocycles. The zero-order valence-electron chi connectivity index (χ0n) is 15.8. The van der Waals surface area contributed by atoms with Gasteiger partial charge in [0, 0.05) is 18.4 Å². The van der Waals surface area contributed by atoms with Crippen LogP contribution in [0.4, 0.5) is 18.9 Å². The lowest BCUT2D eigenvalue weighted by atomic mass is 10.1. The van der Waals surface area contributed by atoms with Gasteiger partial charge in [0.25, 0.3) is 0 Å². The lowest BCUT2D eigenvalue weighted by Crippen LogP contribution is -2.25. The summed E-state index contributed by atoms with van der Waals surface area (Å²) in [5, 5.41) is 3.26. The first-order chi connectivity index (χ1) is 12.8. The number of hydrogen-bond acceptors (Lipinski definition) is 3. The molecule has 0 amide bonds. The molecule has 0 bridgehead atoms. The van der Waals surface area contributed by atoms with E-state index in [9.17, 15) is 13.2 Å². The van der Waals surface area contributed by atoms with Crippen LogP contribution in [0.5, 0.6) is 0 Å². The number of halogens is 3. The molecule has 0 saturated carbocycles. The normalized spacial score (nSPS) is 12.6. The van der Waals surface area contributed by atoms with E-state index in [0.29, 0.717) is 5.56 Å². The van der Waals surface area contributed by atoms with E-state index in [0.717, 1.165) is 28.9 Å². The minimum atomic E-state index is -0.930. The molecule has 1 atom stereocenters. The van der Waals surface area contributed by atoms with Crippen LogP contribution in [0.25, 0.3) is 0 Å². The van der Waals surface area contributed by atoms with Crippen LogP contribution in [0.15, 0.2) is 53.4 Å². The van der Waals surface area contributed by atoms with Gasteiger partial charge in [0.15, 0.2) is 11.6 Å². The SMILES string of the molecule is C=NC(C)/C(F)=C\N(CNc1cc(C)ccc1C)Cc1ccc(F)c(F)c1. The van der Waals surface area contributed by atoms with Crippen LogP contribution in [0, 0.1) is 25.5 Å². The Kier molecular flexibility index (Phi) is 7.05. The standard InChI is InChI=1S/C21H24F3N3/c1-14-5-6-15(2)21(9-14)26-13-27(12-20(24)16(3)25-4)11-17-7-8-18(22)19(23)10-17/h5-10,12,16,26H,4,11,13H2,1-3H3/b20-12+. The Morgan fingerprint density at radius 2 is 1.93 bits per heavy atom. The zero-order valence-corrected chi connectivity index (χ0v) is 15.8. The molecule has 6 heteroatoms. The maximum absolute atomic E-state index is 14.3. The molecule has 1 N–H and O–H groups in total. The largest absolute Gasteiger partial charge is 0.368 e. The van der Waals surface area contributed by atoms with Gasteiger partial charge in [-0.2, -0.15) is 0 Å². The summed E-state index contributed by atoms with van der Waals surface area (Å²) in [6.07, 6.45) is 1.32. The minimum Gasteiger partial charge on any atom is -0.368 e. The molecule has 3 nitrogen and oxygen atoms in total.